The fraction of sp³-hybridized carbons (Fsp3) is 0.167. The van der Waals surface area contributed by atoms with E-state index in [-0.39, 0.29) is 18.1 Å². The van der Waals surface area contributed by atoms with Gasteiger partial charge in [-0.1, -0.05) is 23.2 Å². The normalized spacial score (nSPS) is 12.0. The number of alkyl halides is 6. The quantitative estimate of drug-likeness (QED) is 0.305. The Labute approximate surface area is 190 Å². The third-order valence-corrected chi connectivity index (χ3v) is 5.33. The number of nitriles is 1. The van der Waals surface area contributed by atoms with Gasteiger partial charge in [0.1, 0.15) is 17.6 Å². The smallest absolute Gasteiger partial charge is 0.365 e. The van der Waals surface area contributed by atoms with Crippen molar-refractivity contribution >= 4 is 40.8 Å². The van der Waals surface area contributed by atoms with Gasteiger partial charge in [0.05, 0.1) is 20.5 Å². The first-order valence-corrected chi connectivity index (χ1v) is 9.96. The standard InChI is InChI=1S/C18H9Cl2F6N5S/c19-11-5-10(17(21,22)23)6-12(20)14(11)31-16(29-8-9-1-3-28-4-2-9)15(13(7-27)30-31)32-18(24,25)26/h1-6,29H,8H2. The van der Waals surface area contributed by atoms with Crippen molar-refractivity contribution in [1.29, 1.82) is 5.26 Å². The van der Waals surface area contributed by atoms with Crippen molar-refractivity contribution in [2.24, 2.45) is 0 Å². The van der Waals surface area contributed by atoms with Crippen molar-refractivity contribution in [3.63, 3.8) is 0 Å². The molecule has 32 heavy (non-hydrogen) atoms. The molecule has 0 atom stereocenters. The van der Waals surface area contributed by atoms with Crippen molar-refractivity contribution < 1.29 is 26.3 Å². The minimum absolute atomic E-state index is 0.0135. The molecule has 3 rings (SSSR count). The molecule has 0 fully saturated rings. The molecule has 0 aliphatic rings. The van der Waals surface area contributed by atoms with E-state index in [9.17, 15) is 31.6 Å². The summed E-state index contributed by atoms with van der Waals surface area (Å²) in [6.07, 6.45) is -1.83. The lowest BCUT2D eigenvalue weighted by molar-refractivity contribution is -0.137. The number of benzene rings is 1. The van der Waals surface area contributed by atoms with Gasteiger partial charge >= 0.3 is 11.7 Å². The van der Waals surface area contributed by atoms with E-state index in [2.05, 4.69) is 15.4 Å². The summed E-state index contributed by atoms with van der Waals surface area (Å²) >= 11 is 11.4. The lowest BCUT2D eigenvalue weighted by Crippen LogP contribution is -2.11. The van der Waals surface area contributed by atoms with Crippen LogP contribution in [-0.2, 0) is 12.7 Å². The van der Waals surface area contributed by atoms with Crippen LogP contribution in [0.5, 0.6) is 0 Å². The lowest BCUT2D eigenvalue weighted by Gasteiger charge is -2.16. The maximum absolute atomic E-state index is 13.2. The summed E-state index contributed by atoms with van der Waals surface area (Å²) in [4.78, 5) is 3.25. The Hall–Kier alpha value is -2.62. The number of nitrogens with zero attached hydrogens (tertiary/aromatic N) is 4. The van der Waals surface area contributed by atoms with Crippen LogP contribution in [-0.4, -0.2) is 20.3 Å². The number of thioether (sulfide) groups is 1. The molecule has 14 heteroatoms. The fourth-order valence-electron chi connectivity index (χ4n) is 2.62. The predicted molar refractivity (Wildman–Crippen MR) is 107 cm³/mol. The Morgan fingerprint density at radius 2 is 1.66 bits per heavy atom. The Balaban J connectivity index is 2.18. The number of pyridine rings is 1. The SMILES string of the molecule is N#Cc1nn(-c2c(Cl)cc(C(F)(F)F)cc2Cl)c(NCc2ccncc2)c1SC(F)(F)F. The molecule has 0 bridgehead atoms. The lowest BCUT2D eigenvalue weighted by atomic mass is 10.2. The molecule has 1 aromatic carbocycles. The number of rotatable bonds is 5. The highest BCUT2D eigenvalue weighted by atomic mass is 35.5. The molecule has 2 heterocycles. The molecule has 0 saturated heterocycles. The minimum Gasteiger partial charge on any atom is -0.365 e. The average Bonchev–Trinajstić information content (AvgIpc) is 3.01. The number of hydrogen-bond donors (Lipinski definition) is 1. The Morgan fingerprint density at radius 1 is 1.06 bits per heavy atom. The second-order valence-electron chi connectivity index (χ2n) is 6.09. The van der Waals surface area contributed by atoms with Gasteiger partial charge in [0.25, 0.3) is 0 Å². The molecule has 0 aliphatic heterocycles. The second kappa shape index (κ2) is 9.09. The van der Waals surface area contributed by atoms with E-state index in [1.54, 1.807) is 18.2 Å². The van der Waals surface area contributed by atoms with Crippen LogP contribution in [0.3, 0.4) is 0 Å². The van der Waals surface area contributed by atoms with Crippen LogP contribution in [0.2, 0.25) is 10.0 Å². The van der Waals surface area contributed by atoms with Crippen molar-refractivity contribution in [2.45, 2.75) is 23.1 Å². The first-order valence-electron chi connectivity index (χ1n) is 8.39. The van der Waals surface area contributed by atoms with Gasteiger partial charge in [-0.3, -0.25) is 4.98 Å². The molecule has 0 amide bonds. The van der Waals surface area contributed by atoms with Gasteiger partial charge in [0, 0.05) is 18.9 Å². The van der Waals surface area contributed by atoms with Crippen molar-refractivity contribution in [2.75, 3.05) is 5.32 Å². The number of hydrogen-bond acceptors (Lipinski definition) is 5. The number of nitrogens with one attached hydrogen (secondary N) is 1. The molecule has 5 nitrogen and oxygen atoms in total. The molecule has 0 saturated carbocycles. The molecule has 0 aliphatic carbocycles. The van der Waals surface area contributed by atoms with Crippen LogP contribution in [0.1, 0.15) is 16.8 Å². The summed E-state index contributed by atoms with van der Waals surface area (Å²) in [6, 6.07) is 5.87. The molecular weight excluding hydrogens is 503 g/mol. The first-order chi connectivity index (χ1) is 14.9. The van der Waals surface area contributed by atoms with Crippen LogP contribution >= 0.6 is 35.0 Å². The summed E-state index contributed by atoms with van der Waals surface area (Å²) in [6.45, 7) is -0.0135. The van der Waals surface area contributed by atoms with E-state index in [1.807, 2.05) is 0 Å². The van der Waals surface area contributed by atoms with Gasteiger partial charge in [-0.15, -0.1) is 0 Å². The Kier molecular flexibility index (Phi) is 6.83. The minimum atomic E-state index is -4.78. The third-order valence-electron chi connectivity index (χ3n) is 3.93. The third kappa shape index (κ3) is 5.40. The van der Waals surface area contributed by atoms with Crippen molar-refractivity contribution in [3.05, 3.63) is 63.5 Å². The van der Waals surface area contributed by atoms with Gasteiger partial charge in [-0.05, 0) is 41.6 Å². The summed E-state index contributed by atoms with van der Waals surface area (Å²) in [5.74, 6) is -0.316. The molecule has 0 spiro atoms. The van der Waals surface area contributed by atoms with Gasteiger partial charge in [0.15, 0.2) is 5.69 Å². The molecule has 0 radical (unpaired) electrons. The Morgan fingerprint density at radius 3 is 2.16 bits per heavy atom. The summed E-state index contributed by atoms with van der Waals surface area (Å²) in [7, 11) is 0. The zero-order valence-corrected chi connectivity index (χ0v) is 17.7. The highest BCUT2D eigenvalue weighted by Gasteiger charge is 2.36. The first kappa shape index (κ1) is 24.0. The van der Waals surface area contributed by atoms with Crippen LogP contribution in [0.25, 0.3) is 5.69 Å². The van der Waals surface area contributed by atoms with Gasteiger partial charge < -0.3 is 5.32 Å². The summed E-state index contributed by atoms with van der Waals surface area (Å²) in [5.41, 5.74) is -6.24. The van der Waals surface area contributed by atoms with Gasteiger partial charge in [0.2, 0.25) is 0 Å². The van der Waals surface area contributed by atoms with Crippen molar-refractivity contribution in [3.8, 4) is 11.8 Å². The van der Waals surface area contributed by atoms with E-state index in [0.29, 0.717) is 17.7 Å². The maximum atomic E-state index is 13.2. The molecule has 168 valence electrons. The van der Waals surface area contributed by atoms with Gasteiger partial charge in [-0.25, -0.2) is 4.68 Å². The fourth-order valence-corrected chi connectivity index (χ4v) is 3.94. The molecule has 1 N–H and O–H groups in total. The molecule has 0 unspecified atom stereocenters. The highest BCUT2D eigenvalue weighted by molar-refractivity contribution is 8.00. The number of aromatic nitrogens is 3. The van der Waals surface area contributed by atoms with Crippen LogP contribution < -0.4 is 5.32 Å². The highest BCUT2D eigenvalue weighted by Crippen LogP contribution is 2.45. The number of anilines is 1. The van der Waals surface area contributed by atoms with E-state index >= 15 is 0 Å². The van der Waals surface area contributed by atoms with E-state index < -0.39 is 49.6 Å². The predicted octanol–water partition coefficient (Wildman–Crippen LogP) is 6.69. The summed E-state index contributed by atoms with van der Waals surface area (Å²) in [5, 5.41) is 14.8. The molecule has 3 aromatic rings. The van der Waals surface area contributed by atoms with E-state index in [4.69, 9.17) is 23.2 Å². The van der Waals surface area contributed by atoms with Crippen LogP contribution in [0, 0.1) is 11.3 Å². The zero-order chi connectivity index (χ0) is 23.7. The largest absolute Gasteiger partial charge is 0.446 e. The number of halogens is 8. The van der Waals surface area contributed by atoms with E-state index in [0.717, 1.165) is 4.68 Å². The van der Waals surface area contributed by atoms with Crippen LogP contribution in [0.15, 0.2) is 41.6 Å². The van der Waals surface area contributed by atoms with Crippen molar-refractivity contribution in [1.82, 2.24) is 14.8 Å². The Bertz CT molecular complexity index is 1150. The second-order valence-corrected chi connectivity index (χ2v) is 7.98. The molecular formula is C18H9Cl2F6N5S. The van der Waals surface area contributed by atoms with E-state index in [1.165, 1.54) is 12.4 Å². The maximum Gasteiger partial charge on any atom is 0.446 e. The van der Waals surface area contributed by atoms with Gasteiger partial charge in [-0.2, -0.15) is 36.7 Å². The average molecular weight is 512 g/mol. The summed E-state index contributed by atoms with van der Waals surface area (Å²) < 4.78 is 79.4. The molecule has 2 aromatic heterocycles. The van der Waals surface area contributed by atoms with Crippen LogP contribution in [0.4, 0.5) is 32.2 Å². The monoisotopic (exact) mass is 511 g/mol. The zero-order valence-electron chi connectivity index (χ0n) is 15.4. The topological polar surface area (TPSA) is 66.5 Å².